The topological polar surface area (TPSA) is 0 Å². The molecule has 0 nitrogen and oxygen atoms in total. The number of benzene rings is 3. The monoisotopic (exact) mass is 442 g/mol. The lowest BCUT2D eigenvalue weighted by atomic mass is 10.4. The Bertz CT molecular complexity index is 824. The van der Waals surface area contributed by atoms with Gasteiger partial charge in [0.25, 0.3) is 0 Å². The molecular weight excluding hydrogens is 430 g/mol. The van der Waals surface area contributed by atoms with Gasteiger partial charge in [-0.3, -0.25) is 0 Å². The SMILES string of the molecule is c1ccc(SB2Sc3ccccc3S2)c(SB2Sc3ccccc3S2)c1. The third-order valence-electron chi connectivity index (χ3n) is 3.89. The number of hydrogen-bond donors (Lipinski definition) is 0. The fraction of sp³-hybridized carbons (Fsp3) is 0. The first kappa shape index (κ1) is 18.0. The molecule has 0 saturated heterocycles. The molecule has 0 fully saturated rings. The molecule has 5 rings (SSSR count). The van der Waals surface area contributed by atoms with Crippen LogP contribution >= 0.6 is 69.7 Å². The van der Waals surface area contributed by atoms with Crippen LogP contribution in [0, 0.1) is 0 Å². The zero-order valence-electron chi connectivity index (χ0n) is 13.5. The Morgan fingerprint density at radius 1 is 0.462 bits per heavy atom. The van der Waals surface area contributed by atoms with E-state index < -0.39 is 0 Å². The van der Waals surface area contributed by atoms with Crippen molar-refractivity contribution >= 4 is 78.8 Å². The van der Waals surface area contributed by atoms with E-state index in [1.54, 1.807) is 0 Å². The second kappa shape index (κ2) is 8.10. The van der Waals surface area contributed by atoms with Gasteiger partial charge in [-0.1, -0.05) is 36.4 Å². The summed E-state index contributed by atoms with van der Waals surface area (Å²) in [5.41, 5.74) is 0. The average molecular weight is 442 g/mol. The van der Waals surface area contributed by atoms with Crippen molar-refractivity contribution in [3.05, 3.63) is 72.8 Å². The first-order valence-corrected chi connectivity index (χ1v) is 13.4. The summed E-state index contributed by atoms with van der Waals surface area (Å²) in [7, 11) is 0. The zero-order valence-corrected chi connectivity index (χ0v) is 18.4. The first-order valence-electron chi connectivity index (χ1n) is 8.12. The summed E-state index contributed by atoms with van der Waals surface area (Å²) in [6.07, 6.45) is 0. The van der Waals surface area contributed by atoms with Gasteiger partial charge >= 0.3 is 9.10 Å². The van der Waals surface area contributed by atoms with E-state index in [-0.39, 0.29) is 0 Å². The van der Waals surface area contributed by atoms with Crippen LogP contribution in [0.2, 0.25) is 0 Å². The van der Waals surface area contributed by atoms with Crippen LogP contribution in [0.15, 0.2) is 102 Å². The minimum atomic E-state index is 0.496. The molecule has 2 aliphatic heterocycles. The van der Waals surface area contributed by atoms with Gasteiger partial charge < -0.3 is 0 Å². The fourth-order valence-electron chi connectivity index (χ4n) is 2.70. The van der Waals surface area contributed by atoms with Crippen LogP contribution in [0.1, 0.15) is 0 Å². The average Bonchev–Trinajstić information content (AvgIpc) is 3.26. The Morgan fingerprint density at radius 2 is 0.769 bits per heavy atom. The molecule has 0 aromatic heterocycles. The Labute approximate surface area is 179 Å². The van der Waals surface area contributed by atoms with Crippen molar-refractivity contribution in [3.8, 4) is 0 Å². The highest BCUT2D eigenvalue weighted by atomic mass is 32.3. The fourth-order valence-corrected chi connectivity index (χ4v) is 11.7. The Kier molecular flexibility index (Phi) is 5.59. The molecule has 8 heteroatoms. The van der Waals surface area contributed by atoms with Gasteiger partial charge in [0.05, 0.1) is 0 Å². The van der Waals surface area contributed by atoms with E-state index in [0.717, 1.165) is 0 Å². The smallest absolute Gasteiger partial charge is 0.146 e. The standard InChI is InChI=1S/C18H12B2S6/c1-2-8-14-13(7-1)21-19(22-14)25-17-11-5-6-12-18(17)26-20-23-15-9-3-4-10-16(15)24-20/h1-12H. The zero-order chi connectivity index (χ0) is 17.3. The van der Waals surface area contributed by atoms with Crippen LogP contribution < -0.4 is 0 Å². The number of fused-ring (bicyclic) bond motifs is 2. The first-order chi connectivity index (χ1) is 12.8. The third kappa shape index (κ3) is 3.87. The molecule has 126 valence electrons. The van der Waals surface area contributed by atoms with Crippen molar-refractivity contribution in [2.24, 2.45) is 0 Å². The normalized spacial score (nSPS) is 15.2. The maximum atomic E-state index is 2.27. The summed E-state index contributed by atoms with van der Waals surface area (Å²) >= 11 is 11.9. The maximum absolute atomic E-state index is 2.27. The summed E-state index contributed by atoms with van der Waals surface area (Å²) in [6.45, 7) is 0. The van der Waals surface area contributed by atoms with Crippen LogP contribution in [-0.2, 0) is 0 Å². The van der Waals surface area contributed by atoms with E-state index in [0.29, 0.717) is 9.10 Å². The lowest BCUT2D eigenvalue weighted by molar-refractivity contribution is 1.27. The van der Waals surface area contributed by atoms with E-state index in [2.05, 4.69) is 72.8 Å². The second-order valence-corrected chi connectivity index (χ2v) is 14.3. The van der Waals surface area contributed by atoms with E-state index in [1.165, 1.54) is 29.4 Å². The van der Waals surface area contributed by atoms with Gasteiger partial charge in [-0.25, -0.2) is 0 Å². The van der Waals surface area contributed by atoms with E-state index in [9.17, 15) is 0 Å². The summed E-state index contributed by atoms with van der Waals surface area (Å²) < 4.78 is 0.991. The van der Waals surface area contributed by atoms with Crippen molar-refractivity contribution in [2.45, 2.75) is 29.4 Å². The molecule has 3 aromatic rings. The molecule has 0 N–H and O–H groups in total. The predicted octanol–water partition coefficient (Wildman–Crippen LogP) is 7.64. The summed E-state index contributed by atoms with van der Waals surface area (Å²) in [6, 6.07) is 26.3. The van der Waals surface area contributed by atoms with Gasteiger partial charge in [-0.15, -0.1) is 69.7 Å². The van der Waals surface area contributed by atoms with Crippen LogP contribution in [0.3, 0.4) is 0 Å². The molecule has 0 amide bonds. The largest absolute Gasteiger partial charge is 0.356 e. The van der Waals surface area contributed by atoms with E-state index >= 15 is 0 Å². The maximum Gasteiger partial charge on any atom is 0.356 e. The minimum absolute atomic E-state index is 0.496. The van der Waals surface area contributed by atoms with Crippen molar-refractivity contribution in [3.63, 3.8) is 0 Å². The molecule has 2 heterocycles. The Balaban J connectivity index is 1.30. The van der Waals surface area contributed by atoms with Gasteiger partial charge in [0.1, 0.15) is 0 Å². The van der Waals surface area contributed by atoms with E-state index in [1.807, 2.05) is 69.7 Å². The van der Waals surface area contributed by atoms with Crippen LogP contribution in [0.25, 0.3) is 0 Å². The van der Waals surface area contributed by atoms with Crippen molar-refractivity contribution in [2.75, 3.05) is 0 Å². The summed E-state index contributed by atoms with van der Waals surface area (Å²) in [5.74, 6) is 0. The lowest BCUT2D eigenvalue weighted by Gasteiger charge is -2.12. The van der Waals surface area contributed by atoms with Crippen molar-refractivity contribution in [1.29, 1.82) is 0 Å². The van der Waals surface area contributed by atoms with Gasteiger partial charge in [0.2, 0.25) is 0 Å². The van der Waals surface area contributed by atoms with Gasteiger partial charge in [-0.2, -0.15) is 0 Å². The molecule has 2 aliphatic rings. The third-order valence-corrected chi connectivity index (χ3v) is 12.6. The lowest BCUT2D eigenvalue weighted by Crippen LogP contribution is -1.95. The summed E-state index contributed by atoms with van der Waals surface area (Å²) in [4.78, 5) is 8.45. The second-order valence-electron chi connectivity index (χ2n) is 5.62. The molecule has 26 heavy (non-hydrogen) atoms. The molecule has 3 aromatic carbocycles. The Morgan fingerprint density at radius 3 is 1.12 bits per heavy atom. The van der Waals surface area contributed by atoms with Crippen LogP contribution in [0.5, 0.6) is 0 Å². The van der Waals surface area contributed by atoms with Gasteiger partial charge in [-0.05, 0) is 36.4 Å². The molecule has 0 unspecified atom stereocenters. The molecular formula is C18H12B2S6. The molecule has 0 aliphatic carbocycles. The van der Waals surface area contributed by atoms with Crippen molar-refractivity contribution < 1.29 is 0 Å². The van der Waals surface area contributed by atoms with Gasteiger partial charge in [0, 0.05) is 29.4 Å². The predicted molar refractivity (Wildman–Crippen MR) is 126 cm³/mol. The highest BCUT2D eigenvalue weighted by Crippen LogP contribution is 2.54. The molecule has 0 spiro atoms. The van der Waals surface area contributed by atoms with Gasteiger partial charge in [0.15, 0.2) is 0 Å². The molecule has 0 atom stereocenters. The number of hydrogen-bond acceptors (Lipinski definition) is 6. The molecule has 0 radical (unpaired) electrons. The summed E-state index contributed by atoms with van der Waals surface area (Å²) in [5, 5.41) is 0. The molecule has 0 bridgehead atoms. The highest BCUT2D eigenvalue weighted by molar-refractivity contribution is 8.79. The molecule has 0 saturated carbocycles. The van der Waals surface area contributed by atoms with E-state index in [4.69, 9.17) is 0 Å². The minimum Gasteiger partial charge on any atom is -0.146 e. The highest BCUT2D eigenvalue weighted by Gasteiger charge is 2.31. The Hall–Kier alpha value is -0.110. The van der Waals surface area contributed by atoms with Crippen molar-refractivity contribution in [1.82, 2.24) is 0 Å². The van der Waals surface area contributed by atoms with Crippen LogP contribution in [0.4, 0.5) is 0 Å². The number of rotatable bonds is 4. The quantitative estimate of drug-likeness (QED) is 0.378. The van der Waals surface area contributed by atoms with Crippen LogP contribution in [-0.4, -0.2) is 9.10 Å².